The molecule has 0 fully saturated rings. The summed E-state index contributed by atoms with van der Waals surface area (Å²) in [6.45, 7) is 4.54. The minimum atomic E-state index is 0.163. The fourth-order valence-corrected chi connectivity index (χ4v) is 3.96. The number of pyridine rings is 2. The fraction of sp³-hybridized carbons (Fsp3) is 0.154. The second-order valence-electron chi connectivity index (χ2n) is 7.75. The number of Topliss-reactive ketones (excluding diaryl/α,β-unsaturated/α-hetero) is 1. The van der Waals surface area contributed by atoms with Gasteiger partial charge in [0.05, 0.1) is 24.1 Å². The number of fused-ring (bicyclic) bond motifs is 2. The highest BCUT2D eigenvalue weighted by atomic mass is 16.1. The first kappa shape index (κ1) is 19.1. The maximum Gasteiger partial charge on any atom is 0.162 e. The third-order valence-corrected chi connectivity index (χ3v) is 5.63. The number of ketones is 1. The topological polar surface area (TPSA) is 60.7 Å². The lowest BCUT2D eigenvalue weighted by Crippen LogP contribution is -2.01. The van der Waals surface area contributed by atoms with Crippen molar-refractivity contribution in [2.24, 2.45) is 0 Å². The Morgan fingerprint density at radius 1 is 0.968 bits per heavy atom. The molecule has 0 bridgehead atoms. The summed E-state index contributed by atoms with van der Waals surface area (Å²) in [5.74, 6) is 0.163. The molecular weight excluding hydrogens is 384 g/mol. The van der Waals surface area contributed by atoms with E-state index in [9.17, 15) is 4.79 Å². The van der Waals surface area contributed by atoms with Crippen LogP contribution in [0, 0.1) is 6.92 Å². The van der Waals surface area contributed by atoms with Crippen LogP contribution in [0.1, 0.15) is 34.8 Å². The molecule has 0 aliphatic heterocycles. The van der Waals surface area contributed by atoms with E-state index in [1.807, 2.05) is 68.8 Å². The van der Waals surface area contributed by atoms with Crippen molar-refractivity contribution < 1.29 is 4.79 Å². The maximum absolute atomic E-state index is 12.1. The number of carbonyl (C=O) groups excluding carboxylic acids is 1. The molecule has 152 valence electrons. The largest absolute Gasteiger partial charge is 0.311 e. The van der Waals surface area contributed by atoms with Crippen molar-refractivity contribution in [3.05, 3.63) is 89.9 Å². The van der Waals surface area contributed by atoms with E-state index in [0.29, 0.717) is 13.0 Å². The van der Waals surface area contributed by atoms with Gasteiger partial charge >= 0.3 is 0 Å². The van der Waals surface area contributed by atoms with Gasteiger partial charge < -0.3 is 4.57 Å². The number of benzene rings is 2. The van der Waals surface area contributed by atoms with E-state index in [1.165, 1.54) is 5.56 Å². The van der Waals surface area contributed by atoms with Crippen LogP contribution >= 0.6 is 0 Å². The highest BCUT2D eigenvalue weighted by Gasteiger charge is 2.11. The Kier molecular flexibility index (Phi) is 4.79. The van der Waals surface area contributed by atoms with Crippen molar-refractivity contribution in [2.75, 3.05) is 0 Å². The molecule has 0 amide bonds. The number of hydrogen-bond donors (Lipinski definition) is 0. The van der Waals surface area contributed by atoms with Gasteiger partial charge in [0.1, 0.15) is 5.52 Å². The van der Waals surface area contributed by atoms with E-state index in [2.05, 4.69) is 32.7 Å². The predicted molar refractivity (Wildman–Crippen MR) is 123 cm³/mol. The van der Waals surface area contributed by atoms with E-state index in [1.54, 1.807) is 0 Å². The predicted octanol–water partition coefficient (Wildman–Crippen LogP) is 5.60. The van der Waals surface area contributed by atoms with Gasteiger partial charge in [0.25, 0.3) is 0 Å². The fourth-order valence-electron chi connectivity index (χ4n) is 3.96. The minimum Gasteiger partial charge on any atom is -0.311 e. The van der Waals surface area contributed by atoms with Crippen LogP contribution in [0.25, 0.3) is 33.3 Å². The van der Waals surface area contributed by atoms with Crippen molar-refractivity contribution >= 4 is 27.9 Å². The molecule has 3 heterocycles. The van der Waals surface area contributed by atoms with Gasteiger partial charge in [-0.25, -0.2) is 9.97 Å². The first-order chi connectivity index (χ1) is 15.1. The van der Waals surface area contributed by atoms with Crippen molar-refractivity contribution in [3.8, 4) is 11.3 Å². The Labute approximate surface area is 180 Å². The highest BCUT2D eigenvalue weighted by Crippen LogP contribution is 2.24. The molecule has 2 aromatic carbocycles. The second kappa shape index (κ2) is 7.76. The maximum atomic E-state index is 12.1. The monoisotopic (exact) mass is 406 g/mol. The zero-order valence-corrected chi connectivity index (χ0v) is 17.5. The molecule has 31 heavy (non-hydrogen) atoms. The van der Waals surface area contributed by atoms with Crippen LogP contribution < -0.4 is 0 Å². The molecule has 5 rings (SSSR count). The molecule has 0 N–H and O–H groups in total. The number of imidazole rings is 1. The van der Waals surface area contributed by atoms with Crippen LogP contribution in [0.4, 0.5) is 0 Å². The molecule has 0 saturated carbocycles. The molecule has 5 aromatic rings. The van der Waals surface area contributed by atoms with Gasteiger partial charge in [-0.2, -0.15) is 0 Å². The summed E-state index contributed by atoms with van der Waals surface area (Å²) in [5.41, 5.74) is 7.49. The molecule has 0 atom stereocenters. The lowest BCUT2D eigenvalue weighted by atomic mass is 9.99. The Morgan fingerprint density at radius 3 is 2.68 bits per heavy atom. The van der Waals surface area contributed by atoms with Crippen molar-refractivity contribution in [3.63, 3.8) is 0 Å². The van der Waals surface area contributed by atoms with E-state index < -0.39 is 0 Å². The van der Waals surface area contributed by atoms with Crippen LogP contribution in [-0.4, -0.2) is 25.3 Å². The Balaban J connectivity index is 1.51. The van der Waals surface area contributed by atoms with Crippen LogP contribution in [0.15, 0.2) is 73.2 Å². The minimum absolute atomic E-state index is 0.163. The van der Waals surface area contributed by atoms with Crippen molar-refractivity contribution in [1.82, 2.24) is 19.5 Å². The van der Waals surface area contributed by atoms with Crippen molar-refractivity contribution in [2.45, 2.75) is 26.8 Å². The van der Waals surface area contributed by atoms with Crippen LogP contribution in [0.2, 0.25) is 0 Å². The van der Waals surface area contributed by atoms with Crippen LogP contribution in [0.5, 0.6) is 0 Å². The summed E-state index contributed by atoms with van der Waals surface area (Å²) in [6.07, 6.45) is 4.15. The standard InChI is InChI=1S/C26H22N4O/c1-3-25(31)21-8-7-20(13-17(21)2)23-10-11-24-26(29-23)30(16-28-24)15-18-6-9-22-19(14-18)5-4-12-27-22/h4-14,16H,3,15H2,1-2H3. The molecule has 5 heteroatoms. The van der Waals surface area contributed by atoms with Gasteiger partial charge in [0.2, 0.25) is 0 Å². The molecule has 5 nitrogen and oxygen atoms in total. The van der Waals surface area contributed by atoms with E-state index >= 15 is 0 Å². The van der Waals surface area contributed by atoms with E-state index in [0.717, 1.165) is 44.5 Å². The second-order valence-corrected chi connectivity index (χ2v) is 7.75. The Bertz CT molecular complexity index is 1430. The number of aryl methyl sites for hydroxylation is 1. The van der Waals surface area contributed by atoms with Gasteiger partial charge in [-0.05, 0) is 54.4 Å². The Morgan fingerprint density at radius 2 is 1.84 bits per heavy atom. The molecule has 0 aliphatic rings. The highest BCUT2D eigenvalue weighted by molar-refractivity contribution is 5.97. The normalized spacial score (nSPS) is 11.3. The summed E-state index contributed by atoms with van der Waals surface area (Å²) in [7, 11) is 0. The average Bonchev–Trinajstić information content (AvgIpc) is 3.20. The molecule has 0 spiro atoms. The molecule has 0 aliphatic carbocycles. The van der Waals surface area contributed by atoms with Gasteiger partial charge in [0.15, 0.2) is 11.4 Å². The third kappa shape index (κ3) is 3.59. The van der Waals surface area contributed by atoms with E-state index in [4.69, 9.17) is 4.98 Å². The van der Waals surface area contributed by atoms with Gasteiger partial charge in [-0.1, -0.05) is 31.2 Å². The van der Waals surface area contributed by atoms with Crippen LogP contribution in [-0.2, 0) is 6.54 Å². The quantitative estimate of drug-likeness (QED) is 0.357. The molecule has 0 unspecified atom stereocenters. The summed E-state index contributed by atoms with van der Waals surface area (Å²) in [6, 6.07) is 20.2. The van der Waals surface area contributed by atoms with Gasteiger partial charge in [-0.15, -0.1) is 0 Å². The summed E-state index contributed by atoms with van der Waals surface area (Å²) in [5, 5.41) is 1.12. The number of rotatable bonds is 5. The van der Waals surface area contributed by atoms with Crippen molar-refractivity contribution in [1.29, 1.82) is 0 Å². The summed E-state index contributed by atoms with van der Waals surface area (Å²) in [4.78, 5) is 25.9. The zero-order valence-electron chi connectivity index (χ0n) is 17.5. The molecular formula is C26H22N4O. The average molecular weight is 406 g/mol. The Hall–Kier alpha value is -3.86. The van der Waals surface area contributed by atoms with Gasteiger partial charge in [-0.3, -0.25) is 9.78 Å². The first-order valence-electron chi connectivity index (χ1n) is 10.4. The van der Waals surface area contributed by atoms with Crippen LogP contribution in [0.3, 0.4) is 0 Å². The third-order valence-electron chi connectivity index (χ3n) is 5.63. The summed E-state index contributed by atoms with van der Waals surface area (Å²) < 4.78 is 2.07. The smallest absolute Gasteiger partial charge is 0.162 e. The lowest BCUT2D eigenvalue weighted by Gasteiger charge is -2.09. The molecule has 0 saturated heterocycles. The molecule has 3 aromatic heterocycles. The van der Waals surface area contributed by atoms with E-state index in [-0.39, 0.29) is 5.78 Å². The number of nitrogens with zero attached hydrogens (tertiary/aromatic N) is 4. The SMILES string of the molecule is CCC(=O)c1ccc(-c2ccc3ncn(Cc4ccc5ncccc5c4)c3n2)cc1C. The summed E-state index contributed by atoms with van der Waals surface area (Å²) >= 11 is 0. The first-order valence-corrected chi connectivity index (χ1v) is 10.4. The van der Waals surface area contributed by atoms with Gasteiger partial charge in [0, 0.05) is 29.1 Å². The number of aromatic nitrogens is 4. The number of hydrogen-bond acceptors (Lipinski definition) is 4. The molecule has 0 radical (unpaired) electrons. The number of carbonyl (C=O) groups is 1. The zero-order chi connectivity index (χ0) is 21.4. The lowest BCUT2D eigenvalue weighted by molar-refractivity contribution is 0.0987.